The molecule has 7 heteroatoms. The third kappa shape index (κ3) is 6.77. The van der Waals surface area contributed by atoms with Gasteiger partial charge in [-0.1, -0.05) is 27.2 Å². The molecule has 0 aromatic rings. The number of carbonyl (C=O) groups is 1. The van der Waals surface area contributed by atoms with Crippen molar-refractivity contribution in [1.82, 2.24) is 14.5 Å². The molecule has 0 saturated carbocycles. The monoisotopic (exact) mass is 347 g/mol. The molecule has 0 spiro atoms. The molecule has 1 heterocycles. The number of piperidine rings is 1. The average Bonchev–Trinajstić information content (AvgIpc) is 2.57. The molecule has 6 nitrogen and oxygen atoms in total. The summed E-state index contributed by atoms with van der Waals surface area (Å²) in [4.78, 5) is 14.5. The lowest BCUT2D eigenvalue weighted by Gasteiger charge is -2.30. The van der Waals surface area contributed by atoms with E-state index in [2.05, 4.69) is 24.1 Å². The highest BCUT2D eigenvalue weighted by atomic mass is 32.2. The summed E-state index contributed by atoms with van der Waals surface area (Å²) >= 11 is 0. The van der Waals surface area contributed by atoms with Crippen LogP contribution in [0.4, 0.5) is 0 Å². The molecule has 1 fully saturated rings. The Morgan fingerprint density at radius 1 is 1.17 bits per heavy atom. The Bertz CT molecular complexity index is 441. The molecule has 1 rings (SSSR count). The first-order valence-electron chi connectivity index (χ1n) is 8.92. The summed E-state index contributed by atoms with van der Waals surface area (Å²) < 4.78 is 25.9. The van der Waals surface area contributed by atoms with Crippen molar-refractivity contribution in [3.8, 4) is 0 Å². The number of hydrogen-bond donors (Lipinski definition) is 1. The molecule has 0 atom stereocenters. The Hall–Kier alpha value is -0.660. The summed E-state index contributed by atoms with van der Waals surface area (Å²) in [6.07, 6.45) is 2.84. The molecule has 1 N–H and O–H groups in total. The second-order valence-electron chi connectivity index (χ2n) is 6.16. The standard InChI is InChI=1S/C16H33N3O3S/c1-4-7-14-23(21,22)19-11-8-15(9-12-19)16(20)17-10-13-18(5-2)6-3/h15H,4-14H2,1-3H3,(H,17,20). The van der Waals surface area contributed by atoms with Crippen LogP contribution in [0.15, 0.2) is 0 Å². The molecule has 0 aromatic heterocycles. The van der Waals surface area contributed by atoms with Crippen LogP contribution in [0, 0.1) is 5.92 Å². The molecule has 0 radical (unpaired) electrons. The third-order valence-electron chi connectivity index (χ3n) is 4.60. The van der Waals surface area contributed by atoms with Gasteiger partial charge in [0.15, 0.2) is 0 Å². The maximum absolute atomic E-state index is 12.2. The Balaban J connectivity index is 2.33. The summed E-state index contributed by atoms with van der Waals surface area (Å²) in [7, 11) is -3.13. The van der Waals surface area contributed by atoms with Crippen molar-refractivity contribution in [1.29, 1.82) is 0 Å². The van der Waals surface area contributed by atoms with Gasteiger partial charge in [-0.05, 0) is 32.4 Å². The Morgan fingerprint density at radius 2 is 1.78 bits per heavy atom. The normalized spacial score (nSPS) is 17.6. The van der Waals surface area contributed by atoms with Gasteiger partial charge in [0.2, 0.25) is 15.9 Å². The van der Waals surface area contributed by atoms with Crippen LogP contribution < -0.4 is 5.32 Å². The van der Waals surface area contributed by atoms with E-state index >= 15 is 0 Å². The van der Waals surface area contributed by atoms with Crippen LogP contribution >= 0.6 is 0 Å². The third-order valence-corrected chi connectivity index (χ3v) is 6.55. The largest absolute Gasteiger partial charge is 0.355 e. The first-order chi connectivity index (χ1) is 10.9. The van der Waals surface area contributed by atoms with Crippen LogP contribution in [0.1, 0.15) is 46.5 Å². The van der Waals surface area contributed by atoms with Crippen molar-refractivity contribution < 1.29 is 13.2 Å². The Morgan fingerprint density at radius 3 is 2.30 bits per heavy atom. The van der Waals surface area contributed by atoms with Crippen molar-refractivity contribution in [3.05, 3.63) is 0 Å². The van der Waals surface area contributed by atoms with E-state index in [0.717, 1.165) is 26.1 Å². The number of amides is 1. The zero-order valence-electron chi connectivity index (χ0n) is 14.9. The van der Waals surface area contributed by atoms with Crippen LogP contribution in [0.3, 0.4) is 0 Å². The number of rotatable bonds is 10. The predicted octanol–water partition coefficient (Wildman–Crippen LogP) is 1.29. The van der Waals surface area contributed by atoms with Gasteiger partial charge >= 0.3 is 0 Å². The lowest BCUT2D eigenvalue weighted by molar-refractivity contribution is -0.126. The Kier molecular flexibility index (Phi) is 9.09. The minimum atomic E-state index is -3.13. The second kappa shape index (κ2) is 10.3. The lowest BCUT2D eigenvalue weighted by atomic mass is 9.97. The van der Waals surface area contributed by atoms with Gasteiger partial charge in [0.05, 0.1) is 5.75 Å². The predicted molar refractivity (Wildman–Crippen MR) is 93.8 cm³/mol. The van der Waals surface area contributed by atoms with Gasteiger partial charge in [-0.15, -0.1) is 0 Å². The fourth-order valence-corrected chi connectivity index (χ4v) is 4.55. The molecule has 136 valence electrons. The number of likely N-dealkylation sites (N-methyl/N-ethyl adjacent to an activating group) is 1. The van der Waals surface area contributed by atoms with Crippen molar-refractivity contribution in [2.45, 2.75) is 46.5 Å². The highest BCUT2D eigenvalue weighted by Gasteiger charge is 2.30. The van der Waals surface area contributed by atoms with Gasteiger partial charge in [-0.3, -0.25) is 4.79 Å². The molecular weight excluding hydrogens is 314 g/mol. The van der Waals surface area contributed by atoms with E-state index in [0.29, 0.717) is 38.9 Å². The van der Waals surface area contributed by atoms with Crippen molar-refractivity contribution in [2.75, 3.05) is 45.0 Å². The van der Waals surface area contributed by atoms with Gasteiger partial charge in [0.25, 0.3) is 0 Å². The number of unbranched alkanes of at least 4 members (excludes halogenated alkanes) is 1. The van der Waals surface area contributed by atoms with Gasteiger partial charge < -0.3 is 10.2 Å². The van der Waals surface area contributed by atoms with E-state index in [9.17, 15) is 13.2 Å². The molecule has 1 amide bonds. The molecule has 0 unspecified atom stereocenters. The average molecular weight is 348 g/mol. The minimum Gasteiger partial charge on any atom is -0.355 e. The Labute approximate surface area is 141 Å². The smallest absolute Gasteiger partial charge is 0.223 e. The zero-order chi connectivity index (χ0) is 17.3. The fourth-order valence-electron chi connectivity index (χ4n) is 2.87. The first-order valence-corrected chi connectivity index (χ1v) is 10.5. The molecule has 0 aromatic carbocycles. The van der Waals surface area contributed by atoms with Crippen molar-refractivity contribution in [3.63, 3.8) is 0 Å². The zero-order valence-corrected chi connectivity index (χ0v) is 15.7. The van der Waals surface area contributed by atoms with E-state index in [1.165, 1.54) is 0 Å². The molecule has 1 aliphatic heterocycles. The van der Waals surface area contributed by atoms with Gasteiger partial charge in [-0.25, -0.2) is 12.7 Å². The van der Waals surface area contributed by atoms with E-state index in [-0.39, 0.29) is 17.6 Å². The quantitative estimate of drug-likeness (QED) is 0.646. The number of nitrogens with one attached hydrogen (secondary N) is 1. The molecule has 1 aliphatic rings. The summed E-state index contributed by atoms with van der Waals surface area (Å²) in [6, 6.07) is 0. The highest BCUT2D eigenvalue weighted by molar-refractivity contribution is 7.89. The highest BCUT2D eigenvalue weighted by Crippen LogP contribution is 2.20. The fraction of sp³-hybridized carbons (Fsp3) is 0.938. The maximum atomic E-state index is 12.2. The van der Waals surface area contributed by atoms with Gasteiger partial charge in [-0.2, -0.15) is 0 Å². The molecule has 0 aliphatic carbocycles. The molecule has 23 heavy (non-hydrogen) atoms. The molecular formula is C16H33N3O3S. The van der Waals surface area contributed by atoms with Crippen LogP contribution in [0.5, 0.6) is 0 Å². The number of nitrogens with zero attached hydrogens (tertiary/aromatic N) is 2. The second-order valence-corrected chi connectivity index (χ2v) is 8.25. The van der Waals surface area contributed by atoms with Crippen LogP contribution in [-0.2, 0) is 14.8 Å². The SMILES string of the molecule is CCCCS(=O)(=O)N1CCC(C(=O)NCCN(CC)CC)CC1. The van der Waals surface area contributed by atoms with Crippen molar-refractivity contribution >= 4 is 15.9 Å². The number of carbonyl (C=O) groups excluding carboxylic acids is 1. The van der Waals surface area contributed by atoms with Crippen molar-refractivity contribution in [2.24, 2.45) is 5.92 Å². The summed E-state index contributed by atoms with van der Waals surface area (Å²) in [5.41, 5.74) is 0. The van der Waals surface area contributed by atoms with Crippen LogP contribution in [0.2, 0.25) is 0 Å². The summed E-state index contributed by atoms with van der Waals surface area (Å²) in [6.45, 7) is 10.7. The minimum absolute atomic E-state index is 0.0515. The lowest BCUT2D eigenvalue weighted by Crippen LogP contribution is -2.44. The van der Waals surface area contributed by atoms with Crippen LogP contribution in [0.25, 0.3) is 0 Å². The molecule has 0 bridgehead atoms. The topological polar surface area (TPSA) is 69.7 Å². The summed E-state index contributed by atoms with van der Waals surface area (Å²) in [5.74, 6) is 0.247. The maximum Gasteiger partial charge on any atom is 0.223 e. The van der Waals surface area contributed by atoms with E-state index in [1.807, 2.05) is 6.92 Å². The van der Waals surface area contributed by atoms with Gasteiger partial charge in [0.1, 0.15) is 0 Å². The number of sulfonamides is 1. The van der Waals surface area contributed by atoms with E-state index in [1.54, 1.807) is 4.31 Å². The van der Waals surface area contributed by atoms with Crippen LogP contribution in [-0.4, -0.2) is 68.6 Å². The number of hydrogen-bond acceptors (Lipinski definition) is 4. The van der Waals surface area contributed by atoms with E-state index < -0.39 is 10.0 Å². The van der Waals surface area contributed by atoms with Gasteiger partial charge in [0, 0.05) is 32.1 Å². The molecule has 1 saturated heterocycles. The van der Waals surface area contributed by atoms with E-state index in [4.69, 9.17) is 0 Å². The summed E-state index contributed by atoms with van der Waals surface area (Å²) in [5, 5.41) is 2.99. The first kappa shape index (κ1) is 20.4.